The van der Waals surface area contributed by atoms with E-state index in [1.165, 1.54) is 24.3 Å². The molecule has 2 amide bonds. The first kappa shape index (κ1) is 16.4. The lowest BCUT2D eigenvalue weighted by molar-refractivity contribution is -0.162. The topological polar surface area (TPSA) is 58.2 Å². The average molecular weight is 383 g/mol. The smallest absolute Gasteiger partial charge is 0.269 e. The second-order valence-corrected chi connectivity index (χ2v) is 8.21. The van der Waals surface area contributed by atoms with Crippen LogP contribution in [0.2, 0.25) is 0 Å². The van der Waals surface area contributed by atoms with Gasteiger partial charge in [-0.15, -0.1) is 0 Å². The van der Waals surface area contributed by atoms with Gasteiger partial charge >= 0.3 is 0 Å². The summed E-state index contributed by atoms with van der Waals surface area (Å²) in [7, 11) is 0. The number of carbonyl (C=O) groups is 2. The van der Waals surface area contributed by atoms with Gasteiger partial charge in [0.2, 0.25) is 5.91 Å². The molecule has 4 rings (SSSR count). The molecule has 3 unspecified atom stereocenters. The van der Waals surface area contributed by atoms with Crippen molar-refractivity contribution in [2.75, 3.05) is 0 Å². The van der Waals surface area contributed by atoms with E-state index in [9.17, 15) is 14.0 Å². The Hall–Kier alpha value is -1.43. The summed E-state index contributed by atoms with van der Waals surface area (Å²) in [5, 5.41) is 0. The third kappa shape index (κ3) is 1.93. The molecule has 0 saturated heterocycles. The van der Waals surface area contributed by atoms with Crippen LogP contribution in [-0.2, 0) is 4.79 Å². The van der Waals surface area contributed by atoms with Gasteiger partial charge in [0.15, 0.2) is 0 Å². The van der Waals surface area contributed by atoms with Crippen molar-refractivity contribution in [3.63, 3.8) is 0 Å². The molecule has 2 N–H and O–H groups in total. The van der Waals surface area contributed by atoms with Gasteiger partial charge in [-0.25, -0.2) is 4.39 Å². The molecule has 3 saturated carbocycles. The number of hydrogen-bond donors (Lipinski definition) is 2. The number of hydrazine groups is 1. The molecule has 0 spiro atoms. The monoisotopic (exact) mass is 382 g/mol. The van der Waals surface area contributed by atoms with E-state index in [1.807, 2.05) is 0 Å². The van der Waals surface area contributed by atoms with E-state index in [0.717, 1.165) is 12.8 Å². The number of carbonyl (C=O) groups excluding carboxylic acids is 2. The summed E-state index contributed by atoms with van der Waals surface area (Å²) in [6.45, 7) is 6.42. The van der Waals surface area contributed by atoms with Crippen LogP contribution < -0.4 is 10.9 Å². The Morgan fingerprint density at radius 1 is 1.13 bits per heavy atom. The SMILES string of the molecule is CC12CCC(C(=O)NNC(=O)c3ccc(F)cc3)(C1Br)C2(C)C. The molecule has 0 aromatic heterocycles. The maximum absolute atomic E-state index is 12.9. The zero-order valence-electron chi connectivity index (χ0n) is 13.4. The van der Waals surface area contributed by atoms with E-state index in [0.29, 0.717) is 5.56 Å². The fourth-order valence-electron chi connectivity index (χ4n) is 4.36. The van der Waals surface area contributed by atoms with Crippen molar-refractivity contribution in [3.05, 3.63) is 35.6 Å². The maximum atomic E-state index is 12.9. The molecule has 0 aliphatic heterocycles. The molecule has 0 radical (unpaired) electrons. The number of fused-ring (bicyclic) bond motifs is 1. The Morgan fingerprint density at radius 2 is 1.74 bits per heavy atom. The highest BCUT2D eigenvalue weighted by Gasteiger charge is 2.80. The predicted octanol–water partition coefficient (Wildman–Crippen LogP) is 3.18. The van der Waals surface area contributed by atoms with Crippen molar-refractivity contribution in [2.45, 2.75) is 38.4 Å². The molecule has 1 aromatic rings. The zero-order chi connectivity index (χ0) is 17.0. The van der Waals surface area contributed by atoms with Crippen molar-refractivity contribution in [3.8, 4) is 0 Å². The van der Waals surface area contributed by atoms with Gasteiger partial charge in [-0.3, -0.25) is 20.4 Å². The standard InChI is InChI=1S/C17H20BrFN2O2/c1-15(2)16(3)8-9-17(15,13(16)18)14(23)21-20-12(22)10-4-6-11(19)7-5-10/h4-7,13H,8-9H2,1-3H3,(H,20,22)(H,21,23). The maximum Gasteiger partial charge on any atom is 0.269 e. The summed E-state index contributed by atoms with van der Waals surface area (Å²) >= 11 is 3.69. The number of hydrogen-bond acceptors (Lipinski definition) is 2. The van der Waals surface area contributed by atoms with Crippen LogP contribution in [0.25, 0.3) is 0 Å². The highest BCUT2D eigenvalue weighted by Crippen LogP contribution is 2.79. The molecule has 3 aliphatic rings. The van der Waals surface area contributed by atoms with E-state index in [2.05, 4.69) is 47.6 Å². The minimum atomic E-state index is -0.516. The van der Waals surface area contributed by atoms with Crippen LogP contribution in [0.1, 0.15) is 44.0 Å². The zero-order valence-corrected chi connectivity index (χ0v) is 15.0. The molecule has 124 valence electrons. The van der Waals surface area contributed by atoms with Gasteiger partial charge in [-0.05, 0) is 47.9 Å². The van der Waals surface area contributed by atoms with E-state index in [-0.39, 0.29) is 21.6 Å². The molecule has 3 atom stereocenters. The number of amides is 2. The summed E-state index contributed by atoms with van der Waals surface area (Å²) in [4.78, 5) is 24.9. The van der Waals surface area contributed by atoms with Crippen LogP contribution in [0.15, 0.2) is 24.3 Å². The molecule has 0 heterocycles. The summed E-state index contributed by atoms with van der Waals surface area (Å²) in [5.41, 5.74) is 4.72. The highest BCUT2D eigenvalue weighted by molar-refractivity contribution is 9.09. The average Bonchev–Trinajstić information content (AvgIpc) is 2.92. The minimum Gasteiger partial charge on any atom is -0.273 e. The van der Waals surface area contributed by atoms with Gasteiger partial charge in [0.1, 0.15) is 5.82 Å². The Bertz CT molecular complexity index is 676. The van der Waals surface area contributed by atoms with Gasteiger partial charge in [0.05, 0.1) is 5.41 Å². The lowest BCUT2D eigenvalue weighted by Crippen LogP contribution is -2.70. The fraction of sp³-hybridized carbons (Fsp3) is 0.529. The Morgan fingerprint density at radius 3 is 2.22 bits per heavy atom. The van der Waals surface area contributed by atoms with Crippen LogP contribution in [0, 0.1) is 22.1 Å². The van der Waals surface area contributed by atoms with Gasteiger partial charge in [-0.2, -0.15) is 0 Å². The molecule has 4 nitrogen and oxygen atoms in total. The Balaban J connectivity index is 1.69. The van der Waals surface area contributed by atoms with Crippen LogP contribution in [0.4, 0.5) is 4.39 Å². The molecule has 2 bridgehead atoms. The normalized spacial score (nSPS) is 33.7. The summed E-state index contributed by atoms with van der Waals surface area (Å²) < 4.78 is 12.9. The van der Waals surface area contributed by atoms with E-state index in [4.69, 9.17) is 0 Å². The van der Waals surface area contributed by atoms with Crippen molar-refractivity contribution < 1.29 is 14.0 Å². The van der Waals surface area contributed by atoms with Crippen molar-refractivity contribution >= 4 is 27.7 Å². The number of alkyl halides is 1. The van der Waals surface area contributed by atoms with E-state index < -0.39 is 17.1 Å². The first-order valence-corrected chi connectivity index (χ1v) is 8.59. The second-order valence-electron chi connectivity index (χ2n) is 7.29. The van der Waals surface area contributed by atoms with Crippen LogP contribution in [0.3, 0.4) is 0 Å². The lowest BCUT2D eigenvalue weighted by atomic mass is 9.43. The molecule has 3 aliphatic carbocycles. The summed E-state index contributed by atoms with van der Waals surface area (Å²) in [6.07, 6.45) is 1.78. The van der Waals surface area contributed by atoms with Crippen molar-refractivity contribution in [1.82, 2.24) is 10.9 Å². The fourth-order valence-corrected chi connectivity index (χ4v) is 6.17. The third-order valence-corrected chi connectivity index (χ3v) is 8.17. The van der Waals surface area contributed by atoms with Gasteiger partial charge in [-0.1, -0.05) is 36.7 Å². The van der Waals surface area contributed by atoms with E-state index >= 15 is 0 Å². The number of benzene rings is 1. The van der Waals surface area contributed by atoms with Crippen LogP contribution >= 0.6 is 15.9 Å². The first-order chi connectivity index (χ1) is 10.7. The lowest BCUT2D eigenvalue weighted by Gasteiger charge is -2.64. The van der Waals surface area contributed by atoms with Gasteiger partial charge in [0.25, 0.3) is 5.91 Å². The number of halogens is 2. The summed E-state index contributed by atoms with van der Waals surface area (Å²) in [6, 6.07) is 5.17. The summed E-state index contributed by atoms with van der Waals surface area (Å²) in [5.74, 6) is -1.04. The molecule has 1 aromatic carbocycles. The number of nitrogens with one attached hydrogen (secondary N) is 2. The quantitative estimate of drug-likeness (QED) is 0.609. The Kier molecular flexibility index (Phi) is 3.59. The molecular formula is C17H20BrFN2O2. The largest absolute Gasteiger partial charge is 0.273 e. The highest BCUT2D eigenvalue weighted by atomic mass is 79.9. The van der Waals surface area contributed by atoms with Crippen LogP contribution in [0.5, 0.6) is 0 Å². The third-order valence-electron chi connectivity index (χ3n) is 6.37. The van der Waals surface area contributed by atoms with Gasteiger partial charge < -0.3 is 0 Å². The first-order valence-electron chi connectivity index (χ1n) is 7.67. The van der Waals surface area contributed by atoms with Crippen LogP contribution in [-0.4, -0.2) is 16.6 Å². The van der Waals surface area contributed by atoms with Gasteiger partial charge in [0, 0.05) is 10.4 Å². The van der Waals surface area contributed by atoms with Crippen molar-refractivity contribution in [1.29, 1.82) is 0 Å². The molecule has 23 heavy (non-hydrogen) atoms. The van der Waals surface area contributed by atoms with Crippen molar-refractivity contribution in [2.24, 2.45) is 16.2 Å². The van der Waals surface area contributed by atoms with E-state index in [1.54, 1.807) is 0 Å². The number of rotatable bonds is 2. The molecule has 6 heteroatoms. The second kappa shape index (κ2) is 5.03. The minimum absolute atomic E-state index is 0.0886. The molecular weight excluding hydrogens is 363 g/mol. The predicted molar refractivity (Wildman–Crippen MR) is 88.3 cm³/mol. The Labute approximate surface area is 143 Å². The molecule has 3 fully saturated rings.